The monoisotopic (exact) mass is 328 g/mol. The van der Waals surface area contributed by atoms with Crippen LogP contribution in [-0.4, -0.2) is 8.42 Å². The smallest absolute Gasteiger partial charge is 0.241 e. The molecule has 0 radical (unpaired) electrons. The van der Waals surface area contributed by atoms with E-state index in [0.29, 0.717) is 16.3 Å². The van der Waals surface area contributed by atoms with Gasteiger partial charge in [-0.2, -0.15) is 0 Å². The van der Waals surface area contributed by atoms with Crippen molar-refractivity contribution in [1.29, 1.82) is 0 Å². The lowest BCUT2D eigenvalue weighted by Crippen LogP contribution is -2.26. The Morgan fingerprint density at radius 1 is 1.33 bits per heavy atom. The number of hydrogen-bond acceptors (Lipinski definition) is 4. The molecule has 1 unspecified atom stereocenters. The number of furan rings is 1. The van der Waals surface area contributed by atoms with Crippen LogP contribution in [0.2, 0.25) is 5.02 Å². The van der Waals surface area contributed by atoms with Gasteiger partial charge in [0.15, 0.2) is 0 Å². The number of nitrogens with one attached hydrogen (secondary N) is 1. The minimum absolute atomic E-state index is 0.0971. The Kier molecular flexibility index (Phi) is 4.73. The summed E-state index contributed by atoms with van der Waals surface area (Å²) in [6.07, 6.45) is 0. The molecule has 3 N–H and O–H groups in total. The van der Waals surface area contributed by atoms with Crippen LogP contribution in [0.3, 0.4) is 0 Å². The van der Waals surface area contributed by atoms with E-state index >= 15 is 0 Å². The van der Waals surface area contributed by atoms with Crippen LogP contribution >= 0.6 is 11.6 Å². The Balaban J connectivity index is 2.24. The summed E-state index contributed by atoms with van der Waals surface area (Å²) in [4.78, 5) is 0.0971. The average Bonchev–Trinajstić information content (AvgIpc) is 2.85. The van der Waals surface area contributed by atoms with Gasteiger partial charge in [0, 0.05) is 11.6 Å². The summed E-state index contributed by atoms with van der Waals surface area (Å²) in [6, 6.07) is 7.54. The van der Waals surface area contributed by atoms with Gasteiger partial charge in [-0.3, -0.25) is 0 Å². The highest BCUT2D eigenvalue weighted by Crippen LogP contribution is 2.23. The van der Waals surface area contributed by atoms with Gasteiger partial charge in [-0.1, -0.05) is 17.7 Å². The molecule has 0 aliphatic heterocycles. The molecule has 0 aliphatic carbocycles. The molecule has 0 aliphatic rings. The molecule has 21 heavy (non-hydrogen) atoms. The van der Waals surface area contributed by atoms with Gasteiger partial charge in [0.25, 0.3) is 0 Å². The van der Waals surface area contributed by atoms with Gasteiger partial charge in [-0.15, -0.1) is 0 Å². The normalized spacial score (nSPS) is 13.3. The number of aryl methyl sites for hydroxylation is 1. The van der Waals surface area contributed by atoms with E-state index in [0.717, 1.165) is 5.76 Å². The fourth-order valence-corrected chi connectivity index (χ4v) is 3.47. The van der Waals surface area contributed by atoms with Crippen molar-refractivity contribution in [2.45, 2.75) is 31.3 Å². The van der Waals surface area contributed by atoms with E-state index in [4.69, 9.17) is 21.8 Å². The Morgan fingerprint density at radius 2 is 2.05 bits per heavy atom. The molecule has 1 aromatic carbocycles. The van der Waals surface area contributed by atoms with Gasteiger partial charge in [0.2, 0.25) is 10.0 Å². The van der Waals surface area contributed by atoms with Crippen LogP contribution in [0.15, 0.2) is 39.6 Å². The van der Waals surface area contributed by atoms with Crippen molar-refractivity contribution >= 4 is 21.6 Å². The van der Waals surface area contributed by atoms with E-state index in [9.17, 15) is 8.42 Å². The Hall–Kier alpha value is -1.34. The van der Waals surface area contributed by atoms with E-state index in [1.165, 1.54) is 12.1 Å². The first-order valence-electron chi connectivity index (χ1n) is 6.40. The summed E-state index contributed by atoms with van der Waals surface area (Å²) in [5.41, 5.74) is 6.21. The zero-order chi connectivity index (χ0) is 15.6. The lowest BCUT2D eigenvalue weighted by Gasteiger charge is -2.13. The van der Waals surface area contributed by atoms with Crippen molar-refractivity contribution in [3.63, 3.8) is 0 Å². The number of rotatable bonds is 5. The first kappa shape index (κ1) is 16.0. The summed E-state index contributed by atoms with van der Waals surface area (Å²) >= 11 is 6.00. The maximum Gasteiger partial charge on any atom is 0.241 e. The van der Waals surface area contributed by atoms with Crippen molar-refractivity contribution in [2.75, 3.05) is 0 Å². The molecule has 7 heteroatoms. The summed E-state index contributed by atoms with van der Waals surface area (Å²) in [6.45, 7) is 3.77. The molecule has 5 nitrogen and oxygen atoms in total. The lowest BCUT2D eigenvalue weighted by molar-refractivity contribution is 0.441. The van der Waals surface area contributed by atoms with E-state index in [1.807, 2.05) is 0 Å². The third-order valence-electron chi connectivity index (χ3n) is 3.07. The molecular weight excluding hydrogens is 312 g/mol. The molecule has 0 bridgehead atoms. The topological polar surface area (TPSA) is 85.3 Å². The zero-order valence-electron chi connectivity index (χ0n) is 11.8. The summed E-state index contributed by atoms with van der Waals surface area (Å²) in [7, 11) is -3.68. The van der Waals surface area contributed by atoms with Crippen LogP contribution in [0.25, 0.3) is 0 Å². The van der Waals surface area contributed by atoms with E-state index in [-0.39, 0.29) is 11.4 Å². The van der Waals surface area contributed by atoms with Crippen LogP contribution in [0.1, 0.15) is 30.0 Å². The molecule has 1 atom stereocenters. The maximum absolute atomic E-state index is 12.3. The van der Waals surface area contributed by atoms with Gasteiger partial charge in [-0.25, -0.2) is 13.1 Å². The molecule has 0 saturated carbocycles. The zero-order valence-corrected chi connectivity index (χ0v) is 13.3. The molecule has 1 aromatic heterocycles. The first-order chi connectivity index (χ1) is 9.83. The third-order valence-corrected chi connectivity index (χ3v) is 4.96. The molecule has 2 aromatic rings. The number of sulfonamides is 1. The highest BCUT2D eigenvalue weighted by molar-refractivity contribution is 7.89. The predicted octanol–water partition coefficient (Wildman–Crippen LogP) is 2.74. The second-order valence-electron chi connectivity index (χ2n) is 4.75. The second-order valence-corrected chi connectivity index (χ2v) is 6.87. The predicted molar refractivity (Wildman–Crippen MR) is 81.5 cm³/mol. The standard InChI is InChI=1S/C14H17ClN2O3S/c1-9-3-6-14(20-9)10(2)17-21(18,19)12-5-4-11(8-16)13(15)7-12/h3-7,10,17H,8,16H2,1-2H3. The summed E-state index contributed by atoms with van der Waals surface area (Å²) in [5.74, 6) is 1.28. The number of hydrogen-bond donors (Lipinski definition) is 2. The number of benzene rings is 1. The van der Waals surface area contributed by atoms with Crippen LogP contribution in [0, 0.1) is 6.92 Å². The minimum Gasteiger partial charge on any atom is -0.465 e. The van der Waals surface area contributed by atoms with Gasteiger partial charge in [0.1, 0.15) is 11.5 Å². The lowest BCUT2D eigenvalue weighted by atomic mass is 10.2. The van der Waals surface area contributed by atoms with Crippen LogP contribution in [-0.2, 0) is 16.6 Å². The molecule has 114 valence electrons. The number of halogens is 1. The van der Waals surface area contributed by atoms with Crippen molar-refractivity contribution in [1.82, 2.24) is 4.72 Å². The van der Waals surface area contributed by atoms with Gasteiger partial charge in [0.05, 0.1) is 10.9 Å². The second kappa shape index (κ2) is 6.19. The molecular formula is C14H17ClN2O3S. The van der Waals surface area contributed by atoms with Crippen LogP contribution in [0.4, 0.5) is 0 Å². The maximum atomic E-state index is 12.3. The van der Waals surface area contributed by atoms with Crippen LogP contribution < -0.4 is 10.5 Å². The highest BCUT2D eigenvalue weighted by Gasteiger charge is 2.21. The average molecular weight is 329 g/mol. The van der Waals surface area contributed by atoms with Crippen molar-refractivity contribution < 1.29 is 12.8 Å². The SMILES string of the molecule is Cc1ccc(C(C)NS(=O)(=O)c2ccc(CN)c(Cl)c2)o1. The Bertz CT molecular complexity index is 740. The van der Waals surface area contributed by atoms with Crippen molar-refractivity contribution in [3.05, 3.63) is 52.4 Å². The molecule has 0 amide bonds. The highest BCUT2D eigenvalue weighted by atomic mass is 35.5. The summed E-state index contributed by atoms with van der Waals surface area (Å²) < 4.78 is 32.6. The third kappa shape index (κ3) is 3.65. The molecule has 0 saturated heterocycles. The first-order valence-corrected chi connectivity index (χ1v) is 8.27. The molecule has 0 spiro atoms. The van der Waals surface area contributed by atoms with Crippen LogP contribution in [0.5, 0.6) is 0 Å². The van der Waals surface area contributed by atoms with Crippen molar-refractivity contribution in [3.8, 4) is 0 Å². The van der Waals surface area contributed by atoms with Gasteiger partial charge < -0.3 is 10.2 Å². The molecule has 1 heterocycles. The van der Waals surface area contributed by atoms with E-state index < -0.39 is 16.1 Å². The largest absolute Gasteiger partial charge is 0.465 e. The number of nitrogens with two attached hydrogens (primary N) is 1. The molecule has 2 rings (SSSR count). The molecule has 0 fully saturated rings. The fourth-order valence-electron chi connectivity index (χ4n) is 1.91. The van der Waals surface area contributed by atoms with Gasteiger partial charge in [-0.05, 0) is 43.7 Å². The quantitative estimate of drug-likeness (QED) is 0.883. The Morgan fingerprint density at radius 3 is 2.57 bits per heavy atom. The summed E-state index contributed by atoms with van der Waals surface area (Å²) in [5, 5.41) is 0.335. The Labute approximate surface area is 129 Å². The van der Waals surface area contributed by atoms with E-state index in [1.54, 1.807) is 32.0 Å². The van der Waals surface area contributed by atoms with Gasteiger partial charge >= 0.3 is 0 Å². The van der Waals surface area contributed by atoms with E-state index in [2.05, 4.69) is 4.72 Å². The van der Waals surface area contributed by atoms with Crippen molar-refractivity contribution in [2.24, 2.45) is 5.73 Å². The minimum atomic E-state index is -3.68. The fraction of sp³-hybridized carbons (Fsp3) is 0.286.